The van der Waals surface area contributed by atoms with Gasteiger partial charge in [0.05, 0.1) is 11.3 Å². The second-order valence-corrected chi connectivity index (χ2v) is 7.31. The van der Waals surface area contributed by atoms with E-state index >= 15 is 0 Å². The molecule has 1 N–H and O–H groups in total. The number of benzene rings is 2. The molecule has 2 aromatic carbocycles. The molecule has 1 aromatic heterocycles. The predicted molar refractivity (Wildman–Crippen MR) is 107 cm³/mol. The third-order valence-corrected chi connectivity index (χ3v) is 4.94. The van der Waals surface area contributed by atoms with Gasteiger partial charge >= 0.3 is 6.18 Å². The molecular weight excluding hydrogens is 415 g/mol. The third-order valence-electron chi connectivity index (χ3n) is 3.98. The first-order chi connectivity index (χ1) is 14.3. The maximum Gasteiger partial charge on any atom is 0.416 e. The van der Waals surface area contributed by atoms with E-state index in [0.29, 0.717) is 22.2 Å². The summed E-state index contributed by atoms with van der Waals surface area (Å²) in [5.74, 6) is 0.673. The molecule has 0 fully saturated rings. The number of amides is 1. The lowest BCUT2D eigenvalue weighted by Gasteiger charge is -2.10. The normalized spacial score (nSPS) is 11.2. The number of halogens is 3. The van der Waals surface area contributed by atoms with Crippen LogP contribution in [-0.4, -0.2) is 21.6 Å². The highest BCUT2D eigenvalue weighted by Gasteiger charge is 2.29. The molecule has 1 heterocycles. The van der Waals surface area contributed by atoms with Gasteiger partial charge in [-0.1, -0.05) is 41.6 Å². The zero-order chi connectivity index (χ0) is 21.6. The van der Waals surface area contributed by atoms with Gasteiger partial charge in [-0.05, 0) is 36.8 Å². The molecule has 0 atom stereocenters. The second-order valence-electron chi connectivity index (χ2n) is 6.34. The molecule has 0 aliphatic rings. The number of carbonyl (C=O) groups is 1. The molecule has 0 aliphatic heterocycles. The first-order valence-corrected chi connectivity index (χ1v) is 9.91. The molecule has 30 heavy (non-hydrogen) atoms. The Morgan fingerprint density at radius 1 is 1.03 bits per heavy atom. The smallest absolute Gasteiger partial charge is 0.416 e. The van der Waals surface area contributed by atoms with Crippen LogP contribution < -0.4 is 10.1 Å². The standard InChI is InChI=1S/C21H18F3N3O2S/c1-14-2-8-17(9-3-14)29-19-20(26-11-10-25-19)30-13-18(28)27-12-15-4-6-16(7-5-15)21(22,23)24/h2-11H,12-13H2,1H3,(H,27,28). The van der Waals surface area contributed by atoms with Gasteiger partial charge in [0, 0.05) is 18.9 Å². The van der Waals surface area contributed by atoms with E-state index in [2.05, 4.69) is 15.3 Å². The number of carbonyl (C=O) groups excluding carboxylic acids is 1. The lowest BCUT2D eigenvalue weighted by Crippen LogP contribution is -2.24. The minimum absolute atomic E-state index is 0.0591. The minimum Gasteiger partial charge on any atom is -0.437 e. The monoisotopic (exact) mass is 433 g/mol. The van der Waals surface area contributed by atoms with Gasteiger partial charge in [0.25, 0.3) is 5.88 Å². The van der Waals surface area contributed by atoms with Crippen LogP contribution in [0.2, 0.25) is 0 Å². The summed E-state index contributed by atoms with van der Waals surface area (Å²) in [5.41, 5.74) is 0.946. The Hall–Kier alpha value is -3.07. The summed E-state index contributed by atoms with van der Waals surface area (Å²) >= 11 is 1.16. The summed E-state index contributed by atoms with van der Waals surface area (Å²) in [6, 6.07) is 12.1. The molecule has 3 rings (SSSR count). The van der Waals surface area contributed by atoms with Gasteiger partial charge in [-0.25, -0.2) is 9.97 Å². The van der Waals surface area contributed by atoms with Crippen molar-refractivity contribution >= 4 is 17.7 Å². The number of ether oxygens (including phenoxy) is 1. The number of hydrogen-bond acceptors (Lipinski definition) is 5. The van der Waals surface area contributed by atoms with Crippen molar-refractivity contribution < 1.29 is 22.7 Å². The van der Waals surface area contributed by atoms with Crippen LogP contribution in [0.5, 0.6) is 11.6 Å². The van der Waals surface area contributed by atoms with Crippen LogP contribution in [-0.2, 0) is 17.5 Å². The minimum atomic E-state index is -4.38. The van der Waals surface area contributed by atoms with Crippen molar-refractivity contribution in [1.29, 1.82) is 0 Å². The van der Waals surface area contributed by atoms with E-state index in [-0.39, 0.29) is 18.2 Å². The molecule has 0 spiro atoms. The molecule has 0 saturated carbocycles. The maximum absolute atomic E-state index is 12.6. The first kappa shape index (κ1) is 21.6. The molecule has 156 valence electrons. The fraction of sp³-hybridized carbons (Fsp3) is 0.190. The topological polar surface area (TPSA) is 64.1 Å². The maximum atomic E-state index is 12.6. The fourth-order valence-electron chi connectivity index (χ4n) is 2.40. The molecule has 0 saturated heterocycles. The highest BCUT2D eigenvalue weighted by molar-refractivity contribution is 8.00. The van der Waals surface area contributed by atoms with Gasteiger partial charge in [-0.15, -0.1) is 0 Å². The van der Waals surface area contributed by atoms with Crippen LogP contribution in [0.1, 0.15) is 16.7 Å². The van der Waals surface area contributed by atoms with Gasteiger partial charge in [-0.3, -0.25) is 4.79 Å². The zero-order valence-corrected chi connectivity index (χ0v) is 16.8. The fourth-order valence-corrected chi connectivity index (χ4v) is 3.12. The predicted octanol–water partition coefficient (Wildman–Crippen LogP) is 5.00. The van der Waals surface area contributed by atoms with Crippen LogP contribution in [0.25, 0.3) is 0 Å². The van der Waals surface area contributed by atoms with Crippen LogP contribution in [0, 0.1) is 6.92 Å². The Kier molecular flexibility index (Phi) is 6.94. The molecule has 0 radical (unpaired) electrons. The number of nitrogens with zero attached hydrogens (tertiary/aromatic N) is 2. The number of alkyl halides is 3. The molecule has 1 amide bonds. The average molecular weight is 433 g/mol. The number of hydrogen-bond donors (Lipinski definition) is 1. The van der Waals surface area contributed by atoms with Crippen LogP contribution in [0.4, 0.5) is 13.2 Å². The van der Waals surface area contributed by atoms with Gasteiger partial charge in [0.15, 0.2) is 5.03 Å². The summed E-state index contributed by atoms with van der Waals surface area (Å²) in [6.45, 7) is 2.10. The Balaban J connectivity index is 1.53. The number of aryl methyl sites for hydroxylation is 1. The van der Waals surface area contributed by atoms with Crippen molar-refractivity contribution in [3.63, 3.8) is 0 Å². The number of rotatable bonds is 7. The Morgan fingerprint density at radius 3 is 2.37 bits per heavy atom. The summed E-state index contributed by atoms with van der Waals surface area (Å²) in [4.78, 5) is 20.5. The van der Waals surface area contributed by atoms with Crippen molar-refractivity contribution in [3.05, 3.63) is 77.6 Å². The van der Waals surface area contributed by atoms with Gasteiger partial charge in [0.2, 0.25) is 5.91 Å². The van der Waals surface area contributed by atoms with E-state index in [1.807, 2.05) is 31.2 Å². The molecule has 5 nitrogen and oxygen atoms in total. The van der Waals surface area contributed by atoms with E-state index in [1.54, 1.807) is 0 Å². The Labute approximate surface area is 175 Å². The molecule has 9 heteroatoms. The van der Waals surface area contributed by atoms with Crippen molar-refractivity contribution in [2.45, 2.75) is 24.7 Å². The van der Waals surface area contributed by atoms with Crippen molar-refractivity contribution in [1.82, 2.24) is 15.3 Å². The SMILES string of the molecule is Cc1ccc(Oc2nccnc2SCC(=O)NCc2ccc(C(F)(F)F)cc2)cc1. The zero-order valence-electron chi connectivity index (χ0n) is 15.9. The summed E-state index contributed by atoms with van der Waals surface area (Å²) in [6.07, 6.45) is -1.38. The molecule has 0 unspecified atom stereocenters. The van der Waals surface area contributed by atoms with E-state index in [0.717, 1.165) is 29.5 Å². The van der Waals surface area contributed by atoms with Crippen LogP contribution in [0.3, 0.4) is 0 Å². The molecule has 0 bridgehead atoms. The number of nitrogens with one attached hydrogen (secondary N) is 1. The van der Waals surface area contributed by atoms with E-state index in [9.17, 15) is 18.0 Å². The summed E-state index contributed by atoms with van der Waals surface area (Å²) in [5, 5.41) is 3.13. The van der Waals surface area contributed by atoms with Crippen molar-refractivity contribution in [2.75, 3.05) is 5.75 Å². The van der Waals surface area contributed by atoms with Crippen LogP contribution in [0.15, 0.2) is 66.0 Å². The van der Waals surface area contributed by atoms with Gasteiger partial charge in [-0.2, -0.15) is 13.2 Å². The van der Waals surface area contributed by atoms with E-state index in [1.165, 1.54) is 24.5 Å². The largest absolute Gasteiger partial charge is 0.437 e. The Morgan fingerprint density at radius 2 is 1.70 bits per heavy atom. The summed E-state index contributed by atoms with van der Waals surface area (Å²) < 4.78 is 43.5. The molecular formula is C21H18F3N3O2S. The van der Waals surface area contributed by atoms with Crippen molar-refractivity contribution in [3.8, 4) is 11.6 Å². The Bertz CT molecular complexity index is 994. The number of thioether (sulfide) groups is 1. The number of aromatic nitrogens is 2. The second kappa shape index (κ2) is 9.62. The van der Waals surface area contributed by atoms with Crippen LogP contribution >= 0.6 is 11.8 Å². The quantitative estimate of drug-likeness (QED) is 0.531. The molecule has 3 aromatic rings. The first-order valence-electron chi connectivity index (χ1n) is 8.92. The highest BCUT2D eigenvalue weighted by Crippen LogP contribution is 2.30. The van der Waals surface area contributed by atoms with E-state index in [4.69, 9.17) is 4.74 Å². The van der Waals surface area contributed by atoms with Gasteiger partial charge in [0.1, 0.15) is 5.75 Å². The molecule has 0 aliphatic carbocycles. The summed E-state index contributed by atoms with van der Waals surface area (Å²) in [7, 11) is 0. The van der Waals surface area contributed by atoms with Gasteiger partial charge < -0.3 is 10.1 Å². The van der Waals surface area contributed by atoms with Crippen molar-refractivity contribution in [2.24, 2.45) is 0 Å². The average Bonchev–Trinajstić information content (AvgIpc) is 2.73. The highest BCUT2D eigenvalue weighted by atomic mass is 32.2. The lowest BCUT2D eigenvalue weighted by molar-refractivity contribution is -0.137. The lowest BCUT2D eigenvalue weighted by atomic mass is 10.1. The van der Waals surface area contributed by atoms with E-state index < -0.39 is 11.7 Å². The third kappa shape index (κ3) is 6.21.